The number of carbonyl (C=O) groups is 2. The van der Waals surface area contributed by atoms with Gasteiger partial charge in [-0.25, -0.2) is 9.78 Å². The molecule has 0 saturated heterocycles. The average molecular weight is 394 g/mol. The summed E-state index contributed by atoms with van der Waals surface area (Å²) in [5, 5.41) is 12.0. The second kappa shape index (κ2) is 9.82. The summed E-state index contributed by atoms with van der Waals surface area (Å²) >= 11 is 0. The zero-order chi connectivity index (χ0) is 20.6. The number of nitrogens with one attached hydrogen (secondary N) is 1. The standard InChI is InChI=1S/C22H26N4O3/c1-16-24-19-15-23-12-11-20(19)26(16)13-7-3-6-10-21(27)25-18(22(28)29)14-17-8-4-2-5-9-17/h2,4-5,8-9,11-12,15,18H,3,6-7,10,13-14H2,1H3,(H,25,27)(H,28,29)/t18-/m0/s1. The molecule has 0 radical (unpaired) electrons. The number of amides is 1. The van der Waals surface area contributed by atoms with Crippen molar-refractivity contribution >= 4 is 22.9 Å². The quantitative estimate of drug-likeness (QED) is 0.515. The average Bonchev–Trinajstić information content (AvgIpc) is 3.03. The fourth-order valence-corrected chi connectivity index (χ4v) is 3.43. The van der Waals surface area contributed by atoms with Crippen molar-refractivity contribution in [1.82, 2.24) is 19.9 Å². The Kier molecular flexibility index (Phi) is 6.94. The number of hydrogen-bond donors (Lipinski definition) is 2. The molecule has 1 atom stereocenters. The molecule has 3 rings (SSSR count). The van der Waals surface area contributed by atoms with Gasteiger partial charge < -0.3 is 15.0 Å². The van der Waals surface area contributed by atoms with E-state index in [2.05, 4.69) is 19.9 Å². The molecular formula is C22H26N4O3. The molecule has 0 spiro atoms. The minimum absolute atomic E-state index is 0.219. The Hall–Kier alpha value is -3.22. The lowest BCUT2D eigenvalue weighted by atomic mass is 10.1. The molecular weight excluding hydrogens is 368 g/mol. The Bertz CT molecular complexity index is 969. The van der Waals surface area contributed by atoms with Crippen molar-refractivity contribution in [3.8, 4) is 0 Å². The molecule has 1 aromatic carbocycles. The van der Waals surface area contributed by atoms with Gasteiger partial charge in [0, 0.05) is 25.6 Å². The summed E-state index contributed by atoms with van der Waals surface area (Å²) in [6, 6.07) is 10.4. The summed E-state index contributed by atoms with van der Waals surface area (Å²) in [4.78, 5) is 32.2. The molecule has 3 aromatic rings. The normalized spacial score (nSPS) is 12.0. The number of nitrogens with zero attached hydrogens (tertiary/aromatic N) is 3. The van der Waals surface area contributed by atoms with Gasteiger partial charge in [-0.3, -0.25) is 9.78 Å². The molecule has 29 heavy (non-hydrogen) atoms. The van der Waals surface area contributed by atoms with E-state index in [1.54, 1.807) is 12.4 Å². The first-order valence-corrected chi connectivity index (χ1v) is 9.87. The predicted molar refractivity (Wildman–Crippen MR) is 110 cm³/mol. The van der Waals surface area contributed by atoms with Crippen molar-refractivity contribution < 1.29 is 14.7 Å². The van der Waals surface area contributed by atoms with E-state index in [4.69, 9.17) is 0 Å². The van der Waals surface area contributed by atoms with Crippen LogP contribution in [0.5, 0.6) is 0 Å². The highest BCUT2D eigenvalue weighted by atomic mass is 16.4. The third kappa shape index (κ3) is 5.63. The lowest BCUT2D eigenvalue weighted by molar-refractivity contribution is -0.141. The van der Waals surface area contributed by atoms with Gasteiger partial charge in [0.05, 0.1) is 11.7 Å². The SMILES string of the molecule is Cc1nc2cnccc2n1CCCCCC(=O)N[C@@H](Cc1ccccc1)C(=O)O. The maximum atomic E-state index is 12.2. The maximum absolute atomic E-state index is 12.2. The number of aromatic nitrogens is 3. The summed E-state index contributed by atoms with van der Waals surface area (Å²) < 4.78 is 2.16. The molecule has 2 aromatic heterocycles. The Morgan fingerprint density at radius 3 is 2.69 bits per heavy atom. The summed E-state index contributed by atoms with van der Waals surface area (Å²) in [5.41, 5.74) is 2.85. The maximum Gasteiger partial charge on any atom is 0.326 e. The Balaban J connectivity index is 1.42. The molecule has 0 saturated carbocycles. The van der Waals surface area contributed by atoms with Crippen LogP contribution in [0.3, 0.4) is 0 Å². The highest BCUT2D eigenvalue weighted by molar-refractivity contribution is 5.83. The van der Waals surface area contributed by atoms with Crippen LogP contribution in [-0.4, -0.2) is 37.6 Å². The summed E-state index contributed by atoms with van der Waals surface area (Å²) in [7, 11) is 0. The van der Waals surface area contributed by atoms with Gasteiger partial charge in [0.25, 0.3) is 0 Å². The molecule has 0 fully saturated rings. The zero-order valence-electron chi connectivity index (χ0n) is 16.5. The minimum atomic E-state index is -1.01. The number of benzene rings is 1. The number of imidazole rings is 1. The lowest BCUT2D eigenvalue weighted by Crippen LogP contribution is -2.42. The lowest BCUT2D eigenvalue weighted by Gasteiger charge is -2.14. The number of hydrogen-bond acceptors (Lipinski definition) is 4. The number of rotatable bonds is 10. The topological polar surface area (TPSA) is 97.1 Å². The van der Waals surface area contributed by atoms with Gasteiger partial charge in [-0.05, 0) is 31.4 Å². The molecule has 152 valence electrons. The van der Waals surface area contributed by atoms with Gasteiger partial charge in [-0.1, -0.05) is 36.8 Å². The second-order valence-corrected chi connectivity index (χ2v) is 7.13. The van der Waals surface area contributed by atoms with E-state index in [0.29, 0.717) is 6.42 Å². The predicted octanol–water partition coefficient (Wildman–Crippen LogP) is 3.11. The van der Waals surface area contributed by atoms with Crippen molar-refractivity contribution in [1.29, 1.82) is 0 Å². The fourth-order valence-electron chi connectivity index (χ4n) is 3.43. The van der Waals surface area contributed by atoms with Gasteiger partial charge in [0.15, 0.2) is 0 Å². The summed E-state index contributed by atoms with van der Waals surface area (Å²) in [6.45, 7) is 2.81. The largest absolute Gasteiger partial charge is 0.480 e. The van der Waals surface area contributed by atoms with Crippen molar-refractivity contribution in [2.75, 3.05) is 0 Å². The number of carboxylic acids is 1. The first-order valence-electron chi connectivity index (χ1n) is 9.87. The third-order valence-electron chi connectivity index (χ3n) is 4.94. The van der Waals surface area contributed by atoms with Crippen LogP contribution in [0.1, 0.15) is 37.1 Å². The Morgan fingerprint density at radius 2 is 1.93 bits per heavy atom. The number of aryl methyl sites for hydroxylation is 2. The van der Waals surface area contributed by atoms with Gasteiger partial charge in [-0.2, -0.15) is 0 Å². The molecule has 2 heterocycles. The second-order valence-electron chi connectivity index (χ2n) is 7.13. The number of unbranched alkanes of at least 4 members (excludes halogenated alkanes) is 2. The van der Waals surface area contributed by atoms with E-state index in [9.17, 15) is 14.7 Å². The number of aliphatic carboxylic acids is 1. The number of fused-ring (bicyclic) bond motifs is 1. The molecule has 0 aliphatic carbocycles. The minimum Gasteiger partial charge on any atom is -0.480 e. The first kappa shape index (κ1) is 20.5. The zero-order valence-corrected chi connectivity index (χ0v) is 16.5. The van der Waals surface area contributed by atoms with Gasteiger partial charge >= 0.3 is 5.97 Å². The van der Waals surface area contributed by atoms with Crippen molar-refractivity contribution in [2.24, 2.45) is 0 Å². The molecule has 0 aliphatic rings. The van der Waals surface area contributed by atoms with Gasteiger partial charge in [0.2, 0.25) is 5.91 Å². The third-order valence-corrected chi connectivity index (χ3v) is 4.94. The molecule has 7 heteroatoms. The van der Waals surface area contributed by atoms with Crippen LogP contribution in [0.25, 0.3) is 11.0 Å². The smallest absolute Gasteiger partial charge is 0.326 e. The number of carboxylic acid groups (broad SMARTS) is 1. The highest BCUT2D eigenvalue weighted by Crippen LogP contribution is 2.15. The summed E-state index contributed by atoms with van der Waals surface area (Å²) in [5.74, 6) is -0.279. The molecule has 0 aliphatic heterocycles. The molecule has 0 bridgehead atoms. The van der Waals surface area contributed by atoms with Crippen molar-refractivity contribution in [2.45, 2.75) is 51.6 Å². The van der Waals surface area contributed by atoms with Crippen LogP contribution in [0, 0.1) is 6.92 Å². The van der Waals surface area contributed by atoms with E-state index in [-0.39, 0.29) is 12.3 Å². The van der Waals surface area contributed by atoms with E-state index in [0.717, 1.165) is 48.2 Å². The van der Waals surface area contributed by atoms with E-state index >= 15 is 0 Å². The van der Waals surface area contributed by atoms with Gasteiger partial charge in [-0.15, -0.1) is 0 Å². The molecule has 1 amide bonds. The van der Waals surface area contributed by atoms with Crippen molar-refractivity contribution in [3.05, 3.63) is 60.2 Å². The van der Waals surface area contributed by atoms with E-state index < -0.39 is 12.0 Å². The monoisotopic (exact) mass is 394 g/mol. The number of carbonyl (C=O) groups excluding carboxylic acids is 1. The molecule has 7 nitrogen and oxygen atoms in total. The van der Waals surface area contributed by atoms with Crippen LogP contribution < -0.4 is 5.32 Å². The Morgan fingerprint density at radius 1 is 1.14 bits per heavy atom. The Labute approximate surface area is 169 Å². The molecule has 2 N–H and O–H groups in total. The summed E-state index contributed by atoms with van der Waals surface area (Å²) in [6.07, 6.45) is 6.66. The van der Waals surface area contributed by atoms with Gasteiger partial charge in [0.1, 0.15) is 17.4 Å². The van der Waals surface area contributed by atoms with Crippen LogP contribution in [0.15, 0.2) is 48.8 Å². The van der Waals surface area contributed by atoms with Crippen LogP contribution in [0.2, 0.25) is 0 Å². The van der Waals surface area contributed by atoms with Crippen LogP contribution >= 0.6 is 0 Å². The number of pyridine rings is 1. The highest BCUT2D eigenvalue weighted by Gasteiger charge is 2.20. The van der Waals surface area contributed by atoms with Crippen LogP contribution in [0.4, 0.5) is 0 Å². The fraction of sp³-hybridized carbons (Fsp3) is 0.364. The first-order chi connectivity index (χ1) is 14.0. The van der Waals surface area contributed by atoms with E-state index in [1.807, 2.05) is 43.3 Å². The van der Waals surface area contributed by atoms with Crippen molar-refractivity contribution in [3.63, 3.8) is 0 Å². The van der Waals surface area contributed by atoms with E-state index in [1.165, 1.54) is 0 Å². The van der Waals surface area contributed by atoms with Crippen LogP contribution in [-0.2, 0) is 22.6 Å². The molecule has 0 unspecified atom stereocenters.